The van der Waals surface area contributed by atoms with Gasteiger partial charge in [0.2, 0.25) is 5.91 Å². The van der Waals surface area contributed by atoms with Crippen LogP contribution in [0.4, 0.5) is 0 Å². The molecule has 7 heteroatoms. The maximum Gasteiger partial charge on any atom is 0.251 e. The number of hydrogen-bond donors (Lipinski definition) is 2. The SMILES string of the molecule is CC(=O)NCCNC(=O)c1cccc(OCc2cscn2)c1. The quantitative estimate of drug-likeness (QED) is 0.760. The Labute approximate surface area is 132 Å². The Kier molecular flexibility index (Phi) is 5.91. The van der Waals surface area contributed by atoms with E-state index in [1.807, 2.05) is 5.38 Å². The summed E-state index contributed by atoms with van der Waals surface area (Å²) in [4.78, 5) is 26.8. The molecule has 0 atom stereocenters. The van der Waals surface area contributed by atoms with Crippen LogP contribution in [0.5, 0.6) is 5.75 Å². The second-order valence-electron chi connectivity index (χ2n) is 4.54. The molecular weight excluding hydrogens is 302 g/mol. The summed E-state index contributed by atoms with van der Waals surface area (Å²) in [7, 11) is 0. The van der Waals surface area contributed by atoms with Crippen molar-refractivity contribution in [3.63, 3.8) is 0 Å². The zero-order valence-corrected chi connectivity index (χ0v) is 13.0. The number of ether oxygens (including phenoxy) is 1. The highest BCUT2D eigenvalue weighted by molar-refractivity contribution is 7.07. The first-order valence-electron chi connectivity index (χ1n) is 6.77. The number of rotatable bonds is 7. The number of nitrogens with one attached hydrogen (secondary N) is 2. The molecule has 22 heavy (non-hydrogen) atoms. The van der Waals surface area contributed by atoms with Gasteiger partial charge in [-0.05, 0) is 18.2 Å². The summed E-state index contributed by atoms with van der Waals surface area (Å²) in [5.41, 5.74) is 3.12. The lowest BCUT2D eigenvalue weighted by Crippen LogP contribution is -2.33. The van der Waals surface area contributed by atoms with Gasteiger partial charge < -0.3 is 15.4 Å². The molecule has 2 rings (SSSR count). The third kappa shape index (κ3) is 5.17. The van der Waals surface area contributed by atoms with Gasteiger partial charge in [-0.2, -0.15) is 0 Å². The molecule has 6 nitrogen and oxygen atoms in total. The van der Waals surface area contributed by atoms with Gasteiger partial charge in [0.25, 0.3) is 5.91 Å². The van der Waals surface area contributed by atoms with Crippen LogP contribution < -0.4 is 15.4 Å². The van der Waals surface area contributed by atoms with Crippen molar-refractivity contribution in [1.29, 1.82) is 0 Å². The van der Waals surface area contributed by atoms with Crippen LogP contribution >= 0.6 is 11.3 Å². The minimum absolute atomic E-state index is 0.119. The summed E-state index contributed by atoms with van der Waals surface area (Å²) in [6.07, 6.45) is 0. The molecule has 0 radical (unpaired) electrons. The molecule has 1 heterocycles. The van der Waals surface area contributed by atoms with Gasteiger partial charge in [-0.15, -0.1) is 11.3 Å². The molecule has 2 N–H and O–H groups in total. The fourth-order valence-corrected chi connectivity index (χ4v) is 2.25. The highest BCUT2D eigenvalue weighted by atomic mass is 32.1. The Morgan fingerprint density at radius 1 is 1.27 bits per heavy atom. The van der Waals surface area contributed by atoms with Crippen LogP contribution in [0.2, 0.25) is 0 Å². The molecule has 0 aliphatic heterocycles. The molecule has 2 aromatic rings. The molecule has 0 saturated heterocycles. The number of carbonyl (C=O) groups is 2. The molecule has 1 aromatic heterocycles. The molecule has 1 aromatic carbocycles. The molecule has 0 bridgehead atoms. The number of benzene rings is 1. The van der Waals surface area contributed by atoms with E-state index in [4.69, 9.17) is 4.74 Å². The molecular formula is C15H17N3O3S. The van der Waals surface area contributed by atoms with E-state index in [-0.39, 0.29) is 11.8 Å². The van der Waals surface area contributed by atoms with Crippen molar-refractivity contribution in [2.75, 3.05) is 13.1 Å². The topological polar surface area (TPSA) is 80.3 Å². The maximum atomic E-state index is 12.0. The lowest BCUT2D eigenvalue weighted by molar-refractivity contribution is -0.118. The van der Waals surface area contributed by atoms with Crippen LogP contribution in [0, 0.1) is 0 Å². The first-order valence-corrected chi connectivity index (χ1v) is 7.72. The van der Waals surface area contributed by atoms with E-state index in [0.717, 1.165) is 5.69 Å². The minimum Gasteiger partial charge on any atom is -0.487 e. The lowest BCUT2D eigenvalue weighted by Gasteiger charge is -2.08. The van der Waals surface area contributed by atoms with E-state index in [1.165, 1.54) is 18.3 Å². The maximum absolute atomic E-state index is 12.0. The van der Waals surface area contributed by atoms with E-state index in [2.05, 4.69) is 15.6 Å². The summed E-state index contributed by atoms with van der Waals surface area (Å²) in [6, 6.07) is 6.95. The second kappa shape index (κ2) is 8.14. The predicted molar refractivity (Wildman–Crippen MR) is 83.9 cm³/mol. The highest BCUT2D eigenvalue weighted by Crippen LogP contribution is 2.15. The van der Waals surface area contributed by atoms with Crippen molar-refractivity contribution in [2.24, 2.45) is 0 Å². The van der Waals surface area contributed by atoms with E-state index in [1.54, 1.807) is 29.8 Å². The fraction of sp³-hybridized carbons (Fsp3) is 0.267. The van der Waals surface area contributed by atoms with Crippen molar-refractivity contribution < 1.29 is 14.3 Å². The van der Waals surface area contributed by atoms with Gasteiger partial charge in [-0.25, -0.2) is 4.98 Å². The average molecular weight is 319 g/mol. The third-order valence-electron chi connectivity index (χ3n) is 2.75. The molecule has 0 spiro atoms. The first kappa shape index (κ1) is 16.0. The Bertz CT molecular complexity index is 629. The van der Waals surface area contributed by atoms with Crippen LogP contribution in [-0.4, -0.2) is 29.9 Å². The van der Waals surface area contributed by atoms with Crippen molar-refractivity contribution in [3.05, 3.63) is 46.4 Å². The largest absolute Gasteiger partial charge is 0.487 e. The van der Waals surface area contributed by atoms with Gasteiger partial charge in [0.15, 0.2) is 0 Å². The third-order valence-corrected chi connectivity index (χ3v) is 3.39. The van der Waals surface area contributed by atoms with Gasteiger partial charge in [-0.1, -0.05) is 6.07 Å². The predicted octanol–water partition coefficient (Wildman–Crippen LogP) is 1.59. The first-order chi connectivity index (χ1) is 10.6. The van der Waals surface area contributed by atoms with Crippen LogP contribution in [0.15, 0.2) is 35.2 Å². The van der Waals surface area contributed by atoms with E-state index in [0.29, 0.717) is 31.0 Å². The molecule has 116 valence electrons. The number of thiazole rings is 1. The number of nitrogens with zero attached hydrogens (tertiary/aromatic N) is 1. The van der Waals surface area contributed by atoms with Gasteiger partial charge in [0, 0.05) is 31.0 Å². The van der Waals surface area contributed by atoms with Crippen molar-refractivity contribution >= 4 is 23.2 Å². The number of hydrogen-bond acceptors (Lipinski definition) is 5. The second-order valence-corrected chi connectivity index (χ2v) is 5.25. The van der Waals surface area contributed by atoms with Crippen molar-refractivity contribution in [3.8, 4) is 5.75 Å². The molecule has 0 saturated carbocycles. The molecule has 2 amide bonds. The van der Waals surface area contributed by atoms with E-state index in [9.17, 15) is 9.59 Å². The average Bonchev–Trinajstić information content (AvgIpc) is 3.03. The Hall–Kier alpha value is -2.41. The Morgan fingerprint density at radius 3 is 2.82 bits per heavy atom. The molecule has 0 unspecified atom stereocenters. The highest BCUT2D eigenvalue weighted by Gasteiger charge is 2.06. The van der Waals surface area contributed by atoms with E-state index < -0.39 is 0 Å². The number of aromatic nitrogens is 1. The molecule has 0 aliphatic rings. The van der Waals surface area contributed by atoms with Crippen LogP contribution in [0.1, 0.15) is 23.0 Å². The monoisotopic (exact) mass is 319 g/mol. The van der Waals surface area contributed by atoms with Crippen molar-refractivity contribution in [1.82, 2.24) is 15.6 Å². The zero-order valence-electron chi connectivity index (χ0n) is 12.2. The summed E-state index contributed by atoms with van der Waals surface area (Å²) in [5.74, 6) is 0.290. The number of carbonyl (C=O) groups excluding carboxylic acids is 2. The summed E-state index contributed by atoms with van der Waals surface area (Å²) in [6.45, 7) is 2.59. The lowest BCUT2D eigenvalue weighted by atomic mass is 10.2. The van der Waals surface area contributed by atoms with Gasteiger partial charge in [-0.3, -0.25) is 9.59 Å². The fourth-order valence-electron chi connectivity index (χ4n) is 1.71. The summed E-state index contributed by atoms with van der Waals surface area (Å²) >= 11 is 1.51. The standard InChI is InChI=1S/C15H17N3O3S/c1-11(19)16-5-6-17-15(20)12-3-2-4-14(7-12)21-8-13-9-22-10-18-13/h2-4,7,9-10H,5-6,8H2,1H3,(H,16,19)(H,17,20). The smallest absolute Gasteiger partial charge is 0.251 e. The molecule has 0 fully saturated rings. The van der Waals surface area contributed by atoms with Gasteiger partial charge >= 0.3 is 0 Å². The Morgan fingerprint density at radius 2 is 2.09 bits per heavy atom. The summed E-state index contributed by atoms with van der Waals surface area (Å²) < 4.78 is 5.61. The van der Waals surface area contributed by atoms with Gasteiger partial charge in [0.1, 0.15) is 12.4 Å². The van der Waals surface area contributed by atoms with Crippen molar-refractivity contribution in [2.45, 2.75) is 13.5 Å². The minimum atomic E-state index is -0.204. The van der Waals surface area contributed by atoms with Crippen LogP contribution in [0.3, 0.4) is 0 Å². The normalized spacial score (nSPS) is 10.0. The van der Waals surface area contributed by atoms with E-state index >= 15 is 0 Å². The zero-order chi connectivity index (χ0) is 15.8. The summed E-state index contributed by atoms with van der Waals surface area (Å²) in [5, 5.41) is 7.26. The Balaban J connectivity index is 1.84. The van der Waals surface area contributed by atoms with Crippen LogP contribution in [0.25, 0.3) is 0 Å². The molecule has 0 aliphatic carbocycles. The van der Waals surface area contributed by atoms with Gasteiger partial charge in [0.05, 0.1) is 11.2 Å². The van der Waals surface area contributed by atoms with Crippen LogP contribution in [-0.2, 0) is 11.4 Å². The number of amides is 2.